The van der Waals surface area contributed by atoms with Crippen molar-refractivity contribution in [3.05, 3.63) is 60.2 Å². The number of carbonyl (C=O) groups excluding carboxylic acids is 1. The van der Waals surface area contributed by atoms with E-state index in [-0.39, 0.29) is 11.8 Å². The lowest BCUT2D eigenvalue weighted by Gasteiger charge is -2.16. The predicted molar refractivity (Wildman–Crippen MR) is 108 cm³/mol. The maximum absolute atomic E-state index is 12.9. The fraction of sp³-hybridized carbons (Fsp3) is 0.238. The number of hydrogen-bond donors (Lipinski definition) is 2. The lowest BCUT2D eigenvalue weighted by atomic mass is 10.1. The highest BCUT2D eigenvalue weighted by molar-refractivity contribution is 5.97. The molecule has 9 heteroatoms. The van der Waals surface area contributed by atoms with E-state index in [1.807, 2.05) is 30.3 Å². The summed E-state index contributed by atoms with van der Waals surface area (Å²) in [7, 11) is 0. The summed E-state index contributed by atoms with van der Waals surface area (Å²) in [4.78, 5) is 14.3. The van der Waals surface area contributed by atoms with Crippen molar-refractivity contribution in [2.45, 2.75) is 19.0 Å². The van der Waals surface area contributed by atoms with E-state index in [2.05, 4.69) is 10.4 Å². The third-order valence-corrected chi connectivity index (χ3v) is 5.03. The molecular weight excluding hydrogens is 395 g/mol. The average Bonchev–Trinajstić information content (AvgIpc) is 3.38. The van der Waals surface area contributed by atoms with Gasteiger partial charge in [-0.1, -0.05) is 30.3 Å². The minimum absolute atomic E-state index is 0.140. The lowest BCUT2D eigenvalue weighted by Crippen LogP contribution is -2.32. The summed E-state index contributed by atoms with van der Waals surface area (Å²) in [6.45, 7) is 1.33. The zero-order chi connectivity index (χ0) is 21.3. The molecule has 4 rings (SSSR count). The topological polar surface area (TPSA) is 76.2 Å². The fourth-order valence-corrected chi connectivity index (χ4v) is 3.45. The summed E-state index contributed by atoms with van der Waals surface area (Å²) in [5.41, 5.74) is 7.39. The molecule has 0 bridgehead atoms. The molecule has 2 amide bonds. The number of nitrogens with two attached hydrogens (primary N) is 1. The molecule has 3 N–H and O–H groups in total. The van der Waals surface area contributed by atoms with Crippen LogP contribution in [0.4, 0.5) is 29.5 Å². The number of amides is 2. The van der Waals surface area contributed by atoms with Gasteiger partial charge in [-0.25, -0.2) is 9.48 Å². The molecule has 2 heterocycles. The first-order chi connectivity index (χ1) is 14.3. The van der Waals surface area contributed by atoms with Crippen LogP contribution in [0.2, 0.25) is 0 Å². The molecule has 0 spiro atoms. The highest BCUT2D eigenvalue weighted by atomic mass is 19.4. The highest BCUT2D eigenvalue weighted by Crippen LogP contribution is 2.35. The SMILES string of the molecule is Nc1c(NC(=O)N2CCCC2)c(-c2ccccc2)nn1-c1ccc(C(F)(F)F)cc1. The Morgan fingerprint density at radius 1 is 1.00 bits per heavy atom. The summed E-state index contributed by atoms with van der Waals surface area (Å²) >= 11 is 0. The van der Waals surface area contributed by atoms with E-state index in [0.717, 1.165) is 30.5 Å². The van der Waals surface area contributed by atoms with Crippen LogP contribution in [0.25, 0.3) is 16.9 Å². The number of likely N-dealkylation sites (tertiary alicyclic amines) is 1. The van der Waals surface area contributed by atoms with E-state index in [1.165, 1.54) is 16.8 Å². The standard InChI is InChI=1S/C21H20F3N5O/c22-21(23,24)15-8-10-16(11-9-15)29-19(25)18(26-20(30)28-12-4-5-13-28)17(27-29)14-6-2-1-3-7-14/h1-3,6-11H,4-5,12-13,25H2,(H,26,30). The normalized spacial score (nSPS) is 14.2. The molecule has 1 fully saturated rings. The van der Waals surface area contributed by atoms with Gasteiger partial charge in [-0.3, -0.25) is 0 Å². The molecule has 2 aromatic carbocycles. The van der Waals surface area contributed by atoms with Gasteiger partial charge in [0, 0.05) is 18.7 Å². The summed E-state index contributed by atoms with van der Waals surface area (Å²) in [6, 6.07) is 13.4. The molecule has 1 aromatic heterocycles. The molecule has 0 saturated carbocycles. The second-order valence-corrected chi connectivity index (χ2v) is 7.06. The summed E-state index contributed by atoms with van der Waals surface area (Å²) in [5.74, 6) is 0.140. The van der Waals surface area contributed by atoms with E-state index in [0.29, 0.717) is 30.2 Å². The monoisotopic (exact) mass is 415 g/mol. The Morgan fingerprint density at radius 2 is 1.63 bits per heavy atom. The molecule has 6 nitrogen and oxygen atoms in total. The quantitative estimate of drug-likeness (QED) is 0.647. The molecule has 0 atom stereocenters. The van der Waals surface area contributed by atoms with Gasteiger partial charge in [0.1, 0.15) is 11.4 Å². The zero-order valence-electron chi connectivity index (χ0n) is 16.0. The van der Waals surface area contributed by atoms with Crippen LogP contribution in [0.1, 0.15) is 18.4 Å². The number of halogens is 3. The second-order valence-electron chi connectivity index (χ2n) is 7.06. The Morgan fingerprint density at radius 3 is 2.23 bits per heavy atom. The third-order valence-electron chi connectivity index (χ3n) is 5.03. The summed E-state index contributed by atoms with van der Waals surface area (Å²) in [5, 5.41) is 7.34. The molecule has 1 aliphatic rings. The Bertz CT molecular complexity index is 1040. The number of alkyl halides is 3. The maximum Gasteiger partial charge on any atom is 0.416 e. The number of carbonyl (C=O) groups is 1. The van der Waals surface area contributed by atoms with Gasteiger partial charge in [0.15, 0.2) is 5.82 Å². The Labute approximate surface area is 171 Å². The number of hydrogen-bond acceptors (Lipinski definition) is 3. The molecule has 1 saturated heterocycles. The first kappa shape index (κ1) is 19.8. The van der Waals surface area contributed by atoms with Crippen molar-refractivity contribution in [3.8, 4) is 16.9 Å². The molecule has 156 valence electrons. The Hall–Kier alpha value is -3.49. The van der Waals surface area contributed by atoms with Crippen molar-refractivity contribution in [1.29, 1.82) is 0 Å². The second kappa shape index (κ2) is 7.74. The highest BCUT2D eigenvalue weighted by Gasteiger charge is 2.30. The van der Waals surface area contributed by atoms with Crippen LogP contribution in [0, 0.1) is 0 Å². The molecule has 3 aromatic rings. The van der Waals surface area contributed by atoms with Gasteiger partial charge < -0.3 is 16.0 Å². The molecule has 1 aliphatic heterocycles. The van der Waals surface area contributed by atoms with Crippen molar-refractivity contribution in [2.75, 3.05) is 24.1 Å². The Kier molecular flexibility index (Phi) is 5.11. The van der Waals surface area contributed by atoms with Crippen LogP contribution < -0.4 is 11.1 Å². The van der Waals surface area contributed by atoms with Crippen LogP contribution in [-0.2, 0) is 6.18 Å². The minimum atomic E-state index is -4.43. The van der Waals surface area contributed by atoms with Crippen molar-refractivity contribution in [3.63, 3.8) is 0 Å². The number of aromatic nitrogens is 2. The molecule has 0 aliphatic carbocycles. The van der Waals surface area contributed by atoms with Crippen molar-refractivity contribution in [2.24, 2.45) is 0 Å². The van der Waals surface area contributed by atoms with Gasteiger partial charge in [0.05, 0.1) is 11.3 Å². The predicted octanol–water partition coefficient (Wildman–Crippen LogP) is 4.77. The number of anilines is 2. The van der Waals surface area contributed by atoms with Crippen LogP contribution in [0.3, 0.4) is 0 Å². The van der Waals surface area contributed by atoms with Crippen LogP contribution in [-0.4, -0.2) is 33.8 Å². The molecule has 0 radical (unpaired) electrons. The van der Waals surface area contributed by atoms with Gasteiger partial charge in [-0.15, -0.1) is 0 Å². The maximum atomic E-state index is 12.9. The summed E-state index contributed by atoms with van der Waals surface area (Å²) in [6.07, 6.45) is -2.54. The van der Waals surface area contributed by atoms with Gasteiger partial charge in [-0.2, -0.15) is 18.3 Å². The van der Waals surface area contributed by atoms with Crippen LogP contribution >= 0.6 is 0 Å². The van der Waals surface area contributed by atoms with Gasteiger partial charge in [-0.05, 0) is 37.1 Å². The minimum Gasteiger partial charge on any atom is -0.382 e. The van der Waals surface area contributed by atoms with Crippen molar-refractivity contribution < 1.29 is 18.0 Å². The van der Waals surface area contributed by atoms with Gasteiger partial charge >= 0.3 is 12.2 Å². The number of nitrogen functional groups attached to an aromatic ring is 1. The third kappa shape index (κ3) is 3.83. The van der Waals surface area contributed by atoms with Gasteiger partial charge in [0.2, 0.25) is 0 Å². The van der Waals surface area contributed by atoms with E-state index >= 15 is 0 Å². The van der Waals surface area contributed by atoms with Crippen molar-refractivity contribution in [1.82, 2.24) is 14.7 Å². The molecular formula is C21H20F3N5O. The average molecular weight is 415 g/mol. The largest absolute Gasteiger partial charge is 0.416 e. The van der Waals surface area contributed by atoms with E-state index < -0.39 is 11.7 Å². The Balaban J connectivity index is 1.75. The lowest BCUT2D eigenvalue weighted by molar-refractivity contribution is -0.137. The number of nitrogens with zero attached hydrogens (tertiary/aromatic N) is 3. The molecule has 30 heavy (non-hydrogen) atoms. The number of nitrogens with one attached hydrogen (secondary N) is 1. The zero-order valence-corrected chi connectivity index (χ0v) is 16.0. The summed E-state index contributed by atoms with van der Waals surface area (Å²) < 4.78 is 40.0. The van der Waals surface area contributed by atoms with Crippen LogP contribution in [0.15, 0.2) is 54.6 Å². The van der Waals surface area contributed by atoms with E-state index in [1.54, 1.807) is 4.90 Å². The van der Waals surface area contributed by atoms with E-state index in [9.17, 15) is 18.0 Å². The van der Waals surface area contributed by atoms with Crippen LogP contribution in [0.5, 0.6) is 0 Å². The number of urea groups is 1. The number of rotatable bonds is 3. The molecule has 0 unspecified atom stereocenters. The fourth-order valence-electron chi connectivity index (χ4n) is 3.45. The first-order valence-corrected chi connectivity index (χ1v) is 9.52. The smallest absolute Gasteiger partial charge is 0.382 e. The number of benzene rings is 2. The first-order valence-electron chi connectivity index (χ1n) is 9.52. The van der Waals surface area contributed by atoms with Gasteiger partial charge in [0.25, 0.3) is 0 Å². The van der Waals surface area contributed by atoms with E-state index in [4.69, 9.17) is 5.73 Å². The van der Waals surface area contributed by atoms with Crippen molar-refractivity contribution >= 4 is 17.5 Å².